The lowest BCUT2D eigenvalue weighted by molar-refractivity contribution is -0.143. The molecule has 0 radical (unpaired) electrons. The van der Waals surface area contributed by atoms with E-state index in [0.29, 0.717) is 6.61 Å². The van der Waals surface area contributed by atoms with Gasteiger partial charge in [0.25, 0.3) is 0 Å². The molecule has 1 aliphatic rings. The fourth-order valence-corrected chi connectivity index (χ4v) is 2.22. The van der Waals surface area contributed by atoms with Gasteiger partial charge in [0, 0.05) is 5.69 Å². The molecule has 0 aliphatic carbocycles. The lowest BCUT2D eigenvalue weighted by Gasteiger charge is -2.14. The molecule has 1 aliphatic heterocycles. The summed E-state index contributed by atoms with van der Waals surface area (Å²) >= 11 is 0. The Labute approximate surface area is 110 Å². The molecule has 0 fully saturated rings. The summed E-state index contributed by atoms with van der Waals surface area (Å²) in [6, 6.07) is 7.74. The van der Waals surface area contributed by atoms with Crippen LogP contribution < -0.4 is 5.32 Å². The van der Waals surface area contributed by atoms with E-state index in [4.69, 9.17) is 4.74 Å². The van der Waals surface area contributed by atoms with Gasteiger partial charge in [-0.15, -0.1) is 10.9 Å². The predicted molar refractivity (Wildman–Crippen MR) is 78.3 cm³/mol. The molecule has 0 bridgehead atoms. The molecule has 0 spiro atoms. The van der Waals surface area contributed by atoms with Crippen molar-refractivity contribution < 1.29 is 9.53 Å². The molecule has 0 saturated carbocycles. The third kappa shape index (κ3) is 2.54. The molecule has 1 unspecified atom stereocenters. The molecule has 1 atom stereocenters. The van der Waals surface area contributed by atoms with Crippen LogP contribution in [0.4, 0.5) is 5.69 Å². The number of hydrogen-bond donors (Lipinski definition) is 1. The van der Waals surface area contributed by atoms with Crippen LogP contribution in [0.3, 0.4) is 0 Å². The first-order valence-electron chi connectivity index (χ1n) is 5.76. The van der Waals surface area contributed by atoms with Gasteiger partial charge < -0.3 is 10.1 Å². The van der Waals surface area contributed by atoms with Gasteiger partial charge in [-0.25, -0.2) is 0 Å². The minimum Gasteiger partial charge on any atom is -0.465 e. The van der Waals surface area contributed by atoms with Gasteiger partial charge in [0.05, 0.1) is 11.6 Å². The van der Waals surface area contributed by atoms with Crippen molar-refractivity contribution in [3.63, 3.8) is 0 Å². The quantitative estimate of drug-likeness (QED) is 0.657. The van der Waals surface area contributed by atoms with Crippen molar-refractivity contribution >= 4 is 33.5 Å². The predicted octanol–water partition coefficient (Wildman–Crippen LogP) is 2.61. The Morgan fingerprint density at radius 2 is 2.28 bits per heavy atom. The zero-order valence-corrected chi connectivity index (χ0v) is 11.0. The van der Waals surface area contributed by atoms with Crippen LogP contribution >= 0.6 is 10.9 Å². The summed E-state index contributed by atoms with van der Waals surface area (Å²) in [5, 5.41) is 3.26. The molecular weight excluding hydrogens is 246 g/mol. The van der Waals surface area contributed by atoms with Gasteiger partial charge >= 0.3 is 5.97 Å². The number of hydrogen-bond acceptors (Lipinski definition) is 2. The second-order valence-corrected chi connectivity index (χ2v) is 4.54. The average molecular weight is 261 g/mol. The van der Waals surface area contributed by atoms with Gasteiger partial charge in [-0.2, -0.15) is 0 Å². The molecule has 18 heavy (non-hydrogen) atoms. The Kier molecular flexibility index (Phi) is 3.99. The summed E-state index contributed by atoms with van der Waals surface area (Å²) < 4.78 is 5.11. The molecule has 4 heteroatoms. The molecule has 0 amide bonds. The standard InChI is InChI=1S/C14H15NO2S/c1-3-17-14(16)11-8-9-13(18-2)15-12-7-5-4-6-10(11)12/h4-9,11,15H,2-3H2,1H3. The molecule has 1 N–H and O–H groups in total. The number of esters is 1. The molecule has 0 aromatic heterocycles. The van der Waals surface area contributed by atoms with Gasteiger partial charge in [-0.05, 0) is 30.5 Å². The molecule has 1 heterocycles. The highest BCUT2D eigenvalue weighted by Crippen LogP contribution is 2.29. The lowest BCUT2D eigenvalue weighted by atomic mass is 9.98. The van der Waals surface area contributed by atoms with Crippen molar-refractivity contribution in [1.29, 1.82) is 0 Å². The van der Waals surface area contributed by atoms with Crippen LogP contribution in [0.2, 0.25) is 0 Å². The number of nitrogens with one attached hydrogen (secondary N) is 1. The fourth-order valence-electron chi connectivity index (χ4n) is 1.87. The second-order valence-electron chi connectivity index (χ2n) is 3.81. The highest BCUT2D eigenvalue weighted by atomic mass is 32.1. The number of para-hydroxylation sites is 1. The van der Waals surface area contributed by atoms with Crippen molar-refractivity contribution in [2.24, 2.45) is 0 Å². The maximum atomic E-state index is 12.0. The van der Waals surface area contributed by atoms with E-state index in [1.807, 2.05) is 43.3 Å². The number of benzene rings is 1. The Bertz CT molecular complexity index is 544. The van der Waals surface area contributed by atoms with E-state index in [-0.39, 0.29) is 11.9 Å². The van der Waals surface area contributed by atoms with Crippen LogP contribution in [0.25, 0.3) is 0 Å². The SMILES string of the molecule is C=S=C1C=CC(C(=O)OCC)c2ccccc2N1. The van der Waals surface area contributed by atoms with Crippen LogP contribution in [-0.2, 0) is 9.53 Å². The van der Waals surface area contributed by atoms with Crippen molar-refractivity contribution in [1.82, 2.24) is 0 Å². The zero-order valence-electron chi connectivity index (χ0n) is 10.2. The second kappa shape index (κ2) is 5.69. The van der Waals surface area contributed by atoms with Gasteiger partial charge in [-0.3, -0.25) is 4.79 Å². The Balaban J connectivity index is 2.46. The molecule has 94 valence electrons. The summed E-state index contributed by atoms with van der Waals surface area (Å²) in [6.07, 6.45) is 3.73. The van der Waals surface area contributed by atoms with E-state index in [1.54, 1.807) is 0 Å². The Morgan fingerprint density at radius 3 is 3.00 bits per heavy atom. The minimum atomic E-state index is -0.363. The summed E-state index contributed by atoms with van der Waals surface area (Å²) in [5.41, 5.74) is 1.85. The monoisotopic (exact) mass is 261 g/mol. The first-order chi connectivity index (χ1) is 8.76. The molecule has 3 nitrogen and oxygen atoms in total. The maximum Gasteiger partial charge on any atom is 0.317 e. The number of anilines is 1. The van der Waals surface area contributed by atoms with Crippen LogP contribution in [0.15, 0.2) is 36.4 Å². The summed E-state index contributed by atoms with van der Waals surface area (Å²) in [5.74, 6) is 3.19. The minimum absolute atomic E-state index is 0.224. The topological polar surface area (TPSA) is 38.3 Å². The van der Waals surface area contributed by atoms with Gasteiger partial charge in [0.15, 0.2) is 0 Å². The molecule has 1 aromatic rings. The normalized spacial score (nSPS) is 17.4. The van der Waals surface area contributed by atoms with Gasteiger partial charge in [0.2, 0.25) is 0 Å². The average Bonchev–Trinajstić information content (AvgIpc) is 2.58. The highest BCUT2D eigenvalue weighted by molar-refractivity contribution is 7.96. The first kappa shape index (κ1) is 12.6. The van der Waals surface area contributed by atoms with Crippen LogP contribution in [-0.4, -0.2) is 23.4 Å². The van der Waals surface area contributed by atoms with Crippen LogP contribution in [0.5, 0.6) is 0 Å². The molecule has 0 saturated heterocycles. The first-order valence-corrected chi connectivity index (χ1v) is 6.74. The van der Waals surface area contributed by atoms with E-state index < -0.39 is 0 Å². The number of ether oxygens (including phenoxy) is 1. The maximum absolute atomic E-state index is 12.0. The Morgan fingerprint density at radius 1 is 1.50 bits per heavy atom. The van der Waals surface area contributed by atoms with Crippen LogP contribution in [0, 0.1) is 0 Å². The molecule has 2 rings (SSSR count). The van der Waals surface area contributed by atoms with Crippen molar-refractivity contribution in [3.05, 3.63) is 42.0 Å². The van der Waals surface area contributed by atoms with Crippen molar-refractivity contribution in [2.75, 3.05) is 11.9 Å². The highest BCUT2D eigenvalue weighted by Gasteiger charge is 2.23. The van der Waals surface area contributed by atoms with Gasteiger partial charge in [0.1, 0.15) is 5.92 Å². The number of fused-ring (bicyclic) bond motifs is 1. The van der Waals surface area contributed by atoms with E-state index in [9.17, 15) is 4.79 Å². The third-order valence-corrected chi connectivity index (χ3v) is 3.24. The van der Waals surface area contributed by atoms with Crippen LogP contribution in [0.1, 0.15) is 18.4 Å². The number of carbonyl (C=O) groups is 1. The molecular formula is C14H15NO2S. The summed E-state index contributed by atoms with van der Waals surface area (Å²) in [6.45, 7) is 2.20. The van der Waals surface area contributed by atoms with E-state index in [2.05, 4.69) is 11.2 Å². The number of carbonyl (C=O) groups excluding carboxylic acids is 1. The Hall–Kier alpha value is -1.81. The van der Waals surface area contributed by atoms with E-state index in [0.717, 1.165) is 16.2 Å². The number of rotatable bonds is 2. The largest absolute Gasteiger partial charge is 0.465 e. The third-order valence-electron chi connectivity index (χ3n) is 2.69. The smallest absolute Gasteiger partial charge is 0.317 e. The molecule has 1 aromatic carbocycles. The van der Waals surface area contributed by atoms with Crippen molar-refractivity contribution in [2.45, 2.75) is 12.8 Å². The lowest BCUT2D eigenvalue weighted by Crippen LogP contribution is -2.14. The van der Waals surface area contributed by atoms with E-state index in [1.165, 1.54) is 10.9 Å². The van der Waals surface area contributed by atoms with Gasteiger partial charge in [-0.1, -0.05) is 24.3 Å². The summed E-state index contributed by atoms with van der Waals surface area (Å²) in [7, 11) is 1.37. The van der Waals surface area contributed by atoms with Crippen molar-refractivity contribution in [3.8, 4) is 0 Å². The summed E-state index contributed by atoms with van der Waals surface area (Å²) in [4.78, 5) is 12.9. The van der Waals surface area contributed by atoms with E-state index >= 15 is 0 Å². The zero-order chi connectivity index (χ0) is 13.0. The fraction of sp³-hybridized carbons (Fsp3) is 0.214.